The van der Waals surface area contributed by atoms with Crippen molar-refractivity contribution in [1.82, 2.24) is 20.2 Å². The monoisotopic (exact) mass is 419 g/mol. The van der Waals surface area contributed by atoms with Crippen molar-refractivity contribution in [3.63, 3.8) is 0 Å². The number of imide groups is 1. The lowest BCUT2D eigenvalue weighted by Gasteiger charge is -2.29. The maximum atomic E-state index is 12.7. The summed E-state index contributed by atoms with van der Waals surface area (Å²) in [6.07, 6.45) is 2.12. The zero-order valence-corrected chi connectivity index (χ0v) is 16.2. The number of aromatic nitrogens is 2. The summed E-state index contributed by atoms with van der Waals surface area (Å²) in [5.41, 5.74) is 1.50. The summed E-state index contributed by atoms with van der Waals surface area (Å²) in [6, 6.07) is 7.35. The van der Waals surface area contributed by atoms with Crippen LogP contribution < -0.4 is 16.2 Å². The van der Waals surface area contributed by atoms with E-state index in [0.717, 1.165) is 0 Å². The van der Waals surface area contributed by atoms with Crippen molar-refractivity contribution in [3.05, 3.63) is 63.6 Å². The summed E-state index contributed by atoms with van der Waals surface area (Å²) in [7, 11) is 0. The van der Waals surface area contributed by atoms with Gasteiger partial charge >= 0.3 is 0 Å². The summed E-state index contributed by atoms with van der Waals surface area (Å²) in [5.74, 6) is -1.69. The van der Waals surface area contributed by atoms with E-state index in [9.17, 15) is 24.0 Å². The van der Waals surface area contributed by atoms with Gasteiger partial charge in [0, 0.05) is 35.8 Å². The predicted molar refractivity (Wildman–Crippen MR) is 109 cm³/mol. The molecule has 1 atom stereocenters. The Morgan fingerprint density at radius 1 is 1.10 bits per heavy atom. The highest BCUT2D eigenvalue weighted by atomic mass is 16.2. The third-order valence-electron chi connectivity index (χ3n) is 5.59. The number of hydrogen-bond donors (Lipinski definition) is 4. The van der Waals surface area contributed by atoms with Gasteiger partial charge in [0.05, 0.1) is 0 Å². The van der Waals surface area contributed by atoms with Crippen LogP contribution in [0.3, 0.4) is 0 Å². The number of hydrogen-bond acceptors (Lipinski definition) is 5. The van der Waals surface area contributed by atoms with E-state index in [1.54, 1.807) is 30.5 Å². The molecule has 4 amide bonds. The van der Waals surface area contributed by atoms with Crippen molar-refractivity contribution in [1.29, 1.82) is 0 Å². The molecular formula is C21H17N5O5. The number of pyridine rings is 1. The van der Waals surface area contributed by atoms with Crippen LogP contribution in [0.25, 0.3) is 11.0 Å². The molecule has 4 heterocycles. The van der Waals surface area contributed by atoms with Gasteiger partial charge in [-0.15, -0.1) is 0 Å². The highest BCUT2D eigenvalue weighted by molar-refractivity contribution is 6.07. The molecule has 1 aromatic carbocycles. The number of benzene rings is 1. The van der Waals surface area contributed by atoms with Crippen LogP contribution in [0.4, 0.5) is 5.69 Å². The molecule has 3 aromatic rings. The molecule has 1 fully saturated rings. The van der Waals surface area contributed by atoms with Gasteiger partial charge in [-0.25, -0.2) is 0 Å². The number of anilines is 1. The van der Waals surface area contributed by atoms with Crippen LogP contribution >= 0.6 is 0 Å². The first-order chi connectivity index (χ1) is 14.9. The Kier molecular flexibility index (Phi) is 4.21. The van der Waals surface area contributed by atoms with Gasteiger partial charge in [-0.05, 0) is 42.3 Å². The molecule has 0 radical (unpaired) electrons. The van der Waals surface area contributed by atoms with Crippen molar-refractivity contribution in [3.8, 4) is 0 Å². The molecule has 2 aliphatic rings. The van der Waals surface area contributed by atoms with Crippen LogP contribution in [0.2, 0.25) is 0 Å². The van der Waals surface area contributed by atoms with E-state index < -0.39 is 23.4 Å². The van der Waals surface area contributed by atoms with Crippen molar-refractivity contribution in [2.75, 3.05) is 5.32 Å². The minimum Gasteiger partial charge on any atom is -0.348 e. The zero-order valence-electron chi connectivity index (χ0n) is 16.2. The minimum atomic E-state index is -0.706. The standard InChI is InChI=1S/C21H17N5O5/c27-16-4-3-15(20(30)24-16)26-9-11-7-12(1-2-13(11)21(26)31)23-18(28)14-8-10-5-6-22-17(10)25-19(14)29/h1-2,5-8,15H,3-4,9H2,(H,23,28)(H2,22,25,29)(H,24,27,30). The van der Waals surface area contributed by atoms with E-state index in [4.69, 9.17) is 0 Å². The number of fused-ring (bicyclic) bond motifs is 2. The van der Waals surface area contributed by atoms with Gasteiger partial charge in [-0.1, -0.05) is 0 Å². The van der Waals surface area contributed by atoms with Gasteiger partial charge in [-0.3, -0.25) is 29.3 Å². The second-order valence-electron chi connectivity index (χ2n) is 7.55. The summed E-state index contributed by atoms with van der Waals surface area (Å²) in [4.78, 5) is 68.1. The molecule has 0 bridgehead atoms. The minimum absolute atomic E-state index is 0.0335. The predicted octanol–water partition coefficient (Wildman–Crippen LogP) is 0.869. The summed E-state index contributed by atoms with van der Waals surface area (Å²) >= 11 is 0. The largest absolute Gasteiger partial charge is 0.348 e. The van der Waals surface area contributed by atoms with Crippen LogP contribution in [0.15, 0.2) is 41.3 Å². The molecule has 2 aliphatic heterocycles. The van der Waals surface area contributed by atoms with E-state index in [1.165, 1.54) is 11.0 Å². The number of aromatic amines is 2. The van der Waals surface area contributed by atoms with E-state index in [1.807, 2.05) is 0 Å². The molecular weight excluding hydrogens is 402 g/mol. The highest BCUT2D eigenvalue weighted by Gasteiger charge is 2.39. The van der Waals surface area contributed by atoms with E-state index in [2.05, 4.69) is 20.6 Å². The molecule has 0 aliphatic carbocycles. The van der Waals surface area contributed by atoms with Crippen LogP contribution in [-0.4, -0.2) is 44.5 Å². The first-order valence-electron chi connectivity index (χ1n) is 9.70. The van der Waals surface area contributed by atoms with Crippen molar-refractivity contribution in [2.24, 2.45) is 0 Å². The SMILES string of the molecule is O=C1CCC(N2Cc3cc(NC(=O)c4cc5cc[nH]c5[nH]c4=O)ccc3C2=O)C(=O)N1. The molecule has 5 rings (SSSR count). The van der Waals surface area contributed by atoms with Crippen LogP contribution in [-0.2, 0) is 16.1 Å². The molecule has 0 spiro atoms. The zero-order chi connectivity index (χ0) is 21.7. The third kappa shape index (κ3) is 3.18. The van der Waals surface area contributed by atoms with E-state index in [0.29, 0.717) is 27.8 Å². The average molecular weight is 419 g/mol. The molecule has 31 heavy (non-hydrogen) atoms. The first kappa shape index (κ1) is 18.8. The van der Waals surface area contributed by atoms with Gasteiger partial charge in [0.2, 0.25) is 11.8 Å². The van der Waals surface area contributed by atoms with Crippen LogP contribution in [0.5, 0.6) is 0 Å². The summed E-state index contributed by atoms with van der Waals surface area (Å²) in [5, 5.41) is 5.65. The Morgan fingerprint density at radius 2 is 1.94 bits per heavy atom. The van der Waals surface area contributed by atoms with E-state index >= 15 is 0 Å². The fraction of sp³-hybridized carbons (Fsp3) is 0.190. The summed E-state index contributed by atoms with van der Waals surface area (Å²) < 4.78 is 0. The van der Waals surface area contributed by atoms with E-state index in [-0.39, 0.29) is 36.8 Å². The summed E-state index contributed by atoms with van der Waals surface area (Å²) in [6.45, 7) is 0.194. The second-order valence-corrected chi connectivity index (χ2v) is 7.55. The quantitative estimate of drug-likeness (QED) is 0.466. The van der Waals surface area contributed by atoms with Crippen molar-refractivity contribution in [2.45, 2.75) is 25.4 Å². The van der Waals surface area contributed by atoms with Crippen molar-refractivity contribution >= 4 is 40.3 Å². The van der Waals surface area contributed by atoms with Gasteiger partial charge in [-0.2, -0.15) is 0 Å². The number of H-pyrrole nitrogens is 2. The number of nitrogens with zero attached hydrogens (tertiary/aromatic N) is 1. The fourth-order valence-electron chi connectivity index (χ4n) is 4.03. The maximum Gasteiger partial charge on any atom is 0.262 e. The molecule has 156 valence electrons. The maximum absolute atomic E-state index is 12.7. The van der Waals surface area contributed by atoms with Gasteiger partial charge in [0.25, 0.3) is 17.4 Å². The molecule has 10 heteroatoms. The number of piperidine rings is 1. The highest BCUT2D eigenvalue weighted by Crippen LogP contribution is 2.29. The van der Waals surface area contributed by atoms with Gasteiger partial charge in [0.15, 0.2) is 0 Å². The molecule has 10 nitrogen and oxygen atoms in total. The third-order valence-corrected chi connectivity index (χ3v) is 5.59. The number of carbonyl (C=O) groups excluding carboxylic acids is 4. The molecule has 4 N–H and O–H groups in total. The molecule has 1 unspecified atom stereocenters. The topological polar surface area (TPSA) is 144 Å². The fourth-order valence-corrected chi connectivity index (χ4v) is 4.03. The normalized spacial score (nSPS) is 18.3. The number of amides is 4. The Labute approximate surface area is 174 Å². The average Bonchev–Trinajstić information content (AvgIpc) is 3.31. The lowest BCUT2D eigenvalue weighted by Crippen LogP contribution is -2.52. The molecule has 1 saturated heterocycles. The molecule has 0 saturated carbocycles. The second kappa shape index (κ2) is 6.94. The Morgan fingerprint density at radius 3 is 2.74 bits per heavy atom. The van der Waals surface area contributed by atoms with Crippen LogP contribution in [0.1, 0.15) is 39.1 Å². The van der Waals surface area contributed by atoms with Crippen LogP contribution in [0, 0.1) is 0 Å². The molecule has 2 aromatic heterocycles. The lowest BCUT2D eigenvalue weighted by atomic mass is 10.0. The smallest absolute Gasteiger partial charge is 0.262 e. The number of nitrogens with one attached hydrogen (secondary N) is 4. The Balaban J connectivity index is 1.37. The Bertz CT molecular complexity index is 1340. The Hall–Kier alpha value is -4.21. The lowest BCUT2D eigenvalue weighted by molar-refractivity contribution is -0.136. The van der Waals surface area contributed by atoms with Gasteiger partial charge < -0.3 is 20.2 Å². The van der Waals surface area contributed by atoms with Gasteiger partial charge in [0.1, 0.15) is 17.3 Å². The van der Waals surface area contributed by atoms with Crippen molar-refractivity contribution < 1.29 is 19.2 Å². The number of carbonyl (C=O) groups is 4. The number of rotatable bonds is 3. The first-order valence-corrected chi connectivity index (χ1v) is 9.70.